The van der Waals surface area contributed by atoms with Crippen molar-refractivity contribution in [3.63, 3.8) is 0 Å². The Kier molecular flexibility index (Phi) is 3.38. The topological polar surface area (TPSA) is 100 Å². The normalized spacial score (nSPS) is 11.3. The van der Waals surface area contributed by atoms with Crippen molar-refractivity contribution in [3.8, 4) is 17.4 Å². The zero-order valence-corrected chi connectivity index (χ0v) is 11.2. The van der Waals surface area contributed by atoms with Gasteiger partial charge in [0.15, 0.2) is 5.76 Å². The summed E-state index contributed by atoms with van der Waals surface area (Å²) in [6.45, 7) is 0. The monoisotopic (exact) mass is 291 g/mol. The van der Waals surface area contributed by atoms with Gasteiger partial charge in [-0.05, 0) is 22.9 Å². The van der Waals surface area contributed by atoms with Crippen molar-refractivity contribution in [1.29, 1.82) is 5.26 Å². The fraction of sp³-hybridized carbons (Fsp3) is 0. The van der Waals surface area contributed by atoms with Gasteiger partial charge >= 0.3 is 5.97 Å². The number of aliphatic carboxylic acids is 1. The van der Waals surface area contributed by atoms with Gasteiger partial charge in [0.25, 0.3) is 0 Å². The number of carboxylic acids is 1. The van der Waals surface area contributed by atoms with Gasteiger partial charge in [-0.1, -0.05) is 36.4 Å². The third kappa shape index (κ3) is 2.43. The maximum Gasteiger partial charge on any atom is 0.346 e. The first kappa shape index (κ1) is 13.5. The SMILES string of the molecule is N#C/C(=C/c1nnoc1-c1ccc2ccccc2c1)C(=O)O. The first-order valence-corrected chi connectivity index (χ1v) is 6.35. The van der Waals surface area contributed by atoms with Crippen LogP contribution in [0, 0.1) is 11.3 Å². The second-order valence-electron chi connectivity index (χ2n) is 4.52. The number of fused-ring (bicyclic) bond motifs is 1. The van der Waals surface area contributed by atoms with Crippen LogP contribution in [0.3, 0.4) is 0 Å². The largest absolute Gasteiger partial charge is 0.477 e. The van der Waals surface area contributed by atoms with Gasteiger partial charge < -0.3 is 9.63 Å². The molecule has 0 unspecified atom stereocenters. The molecule has 6 heteroatoms. The van der Waals surface area contributed by atoms with E-state index < -0.39 is 11.5 Å². The van der Waals surface area contributed by atoms with Gasteiger partial charge in [-0.15, -0.1) is 5.10 Å². The highest BCUT2D eigenvalue weighted by atomic mass is 16.5. The lowest BCUT2D eigenvalue weighted by atomic mass is 10.0. The highest BCUT2D eigenvalue weighted by molar-refractivity contribution is 5.97. The molecule has 0 spiro atoms. The average Bonchev–Trinajstić information content (AvgIpc) is 3.00. The summed E-state index contributed by atoms with van der Waals surface area (Å²) in [5.74, 6) is -1.00. The van der Waals surface area contributed by atoms with Crippen LogP contribution in [0.4, 0.5) is 0 Å². The van der Waals surface area contributed by atoms with Crippen LogP contribution in [-0.4, -0.2) is 21.4 Å². The van der Waals surface area contributed by atoms with Crippen molar-refractivity contribution in [2.75, 3.05) is 0 Å². The molecule has 0 aliphatic rings. The quantitative estimate of drug-likeness (QED) is 0.588. The zero-order valence-electron chi connectivity index (χ0n) is 11.2. The van der Waals surface area contributed by atoms with Gasteiger partial charge in [0.1, 0.15) is 17.3 Å². The predicted octanol–water partition coefficient (Wildman–Crippen LogP) is 2.88. The van der Waals surface area contributed by atoms with Crippen LogP contribution in [-0.2, 0) is 4.79 Å². The number of carbonyl (C=O) groups is 1. The summed E-state index contributed by atoms with van der Waals surface area (Å²) in [5.41, 5.74) is 0.476. The van der Waals surface area contributed by atoms with Crippen LogP contribution >= 0.6 is 0 Å². The van der Waals surface area contributed by atoms with Crippen molar-refractivity contribution in [2.24, 2.45) is 0 Å². The summed E-state index contributed by atoms with van der Waals surface area (Å²) >= 11 is 0. The summed E-state index contributed by atoms with van der Waals surface area (Å²) in [5, 5.41) is 27.0. The summed E-state index contributed by atoms with van der Waals surface area (Å²) in [6.07, 6.45) is 1.14. The van der Waals surface area contributed by atoms with Crippen LogP contribution in [0.5, 0.6) is 0 Å². The van der Waals surface area contributed by atoms with E-state index in [-0.39, 0.29) is 5.69 Å². The highest BCUT2D eigenvalue weighted by Crippen LogP contribution is 2.27. The van der Waals surface area contributed by atoms with E-state index in [4.69, 9.17) is 14.9 Å². The molecule has 2 aromatic carbocycles. The molecule has 3 aromatic rings. The maximum atomic E-state index is 10.9. The summed E-state index contributed by atoms with van der Waals surface area (Å²) < 4.78 is 5.12. The molecule has 0 fully saturated rings. The van der Waals surface area contributed by atoms with Gasteiger partial charge in [-0.25, -0.2) is 4.79 Å². The third-order valence-corrected chi connectivity index (χ3v) is 3.16. The Bertz CT molecular complexity index is 935. The Morgan fingerprint density at radius 3 is 2.73 bits per heavy atom. The van der Waals surface area contributed by atoms with Crippen LogP contribution in [0.2, 0.25) is 0 Å². The van der Waals surface area contributed by atoms with Gasteiger partial charge in [0.2, 0.25) is 0 Å². The number of hydrogen-bond donors (Lipinski definition) is 1. The van der Waals surface area contributed by atoms with Crippen molar-refractivity contribution < 1.29 is 14.4 Å². The van der Waals surface area contributed by atoms with E-state index in [2.05, 4.69) is 10.4 Å². The van der Waals surface area contributed by atoms with E-state index in [0.29, 0.717) is 11.3 Å². The molecular formula is C16H9N3O3. The average molecular weight is 291 g/mol. The summed E-state index contributed by atoms with van der Waals surface area (Å²) in [7, 11) is 0. The predicted molar refractivity (Wildman–Crippen MR) is 78.5 cm³/mol. The van der Waals surface area contributed by atoms with Gasteiger partial charge in [0, 0.05) is 10.8 Å². The van der Waals surface area contributed by atoms with E-state index in [1.54, 1.807) is 6.07 Å². The van der Waals surface area contributed by atoms with Crippen LogP contribution in [0.15, 0.2) is 52.6 Å². The van der Waals surface area contributed by atoms with E-state index in [1.807, 2.05) is 42.5 Å². The molecule has 1 N–H and O–H groups in total. The molecule has 0 radical (unpaired) electrons. The minimum Gasteiger partial charge on any atom is -0.477 e. The molecule has 0 aliphatic carbocycles. The Hall–Kier alpha value is -3.46. The van der Waals surface area contributed by atoms with Gasteiger partial charge in [-0.2, -0.15) is 5.26 Å². The van der Waals surface area contributed by atoms with E-state index >= 15 is 0 Å². The lowest BCUT2D eigenvalue weighted by Gasteiger charge is -2.01. The van der Waals surface area contributed by atoms with Crippen LogP contribution in [0.1, 0.15) is 5.69 Å². The standard InChI is InChI=1S/C16H9N3O3/c17-9-13(16(20)21)8-14-15(22-19-18-14)12-6-5-10-3-1-2-4-11(10)7-12/h1-8H,(H,20,21)/b13-8-. The fourth-order valence-corrected chi connectivity index (χ4v) is 2.10. The van der Waals surface area contributed by atoms with E-state index in [1.165, 1.54) is 0 Å². The second-order valence-corrected chi connectivity index (χ2v) is 4.52. The first-order valence-electron chi connectivity index (χ1n) is 6.35. The minimum absolute atomic E-state index is 0.203. The van der Waals surface area contributed by atoms with Crippen molar-refractivity contribution in [3.05, 3.63) is 53.7 Å². The number of benzene rings is 2. The molecule has 0 atom stereocenters. The van der Waals surface area contributed by atoms with Gasteiger partial charge in [0.05, 0.1) is 0 Å². The number of carboxylic acid groups (broad SMARTS) is 1. The molecule has 6 nitrogen and oxygen atoms in total. The number of rotatable bonds is 3. The molecule has 0 saturated carbocycles. The van der Waals surface area contributed by atoms with Crippen molar-refractivity contribution >= 4 is 22.8 Å². The molecule has 0 bridgehead atoms. The molecule has 22 heavy (non-hydrogen) atoms. The van der Waals surface area contributed by atoms with E-state index in [9.17, 15) is 4.79 Å². The Balaban J connectivity index is 2.11. The second kappa shape index (κ2) is 5.50. The fourth-order valence-electron chi connectivity index (χ4n) is 2.10. The molecule has 1 aromatic heterocycles. The lowest BCUT2D eigenvalue weighted by molar-refractivity contribution is -0.132. The smallest absolute Gasteiger partial charge is 0.346 e. The molecule has 1 heterocycles. The van der Waals surface area contributed by atoms with Gasteiger partial charge in [-0.3, -0.25) is 0 Å². The van der Waals surface area contributed by atoms with Crippen molar-refractivity contribution in [1.82, 2.24) is 10.4 Å². The Morgan fingerprint density at radius 1 is 1.23 bits per heavy atom. The van der Waals surface area contributed by atoms with E-state index in [0.717, 1.165) is 16.8 Å². The molecular weight excluding hydrogens is 282 g/mol. The summed E-state index contributed by atoms with van der Waals surface area (Å²) in [6, 6.07) is 15.0. The molecule has 0 saturated heterocycles. The molecule has 106 valence electrons. The first-order chi connectivity index (χ1) is 10.7. The summed E-state index contributed by atoms with van der Waals surface area (Å²) in [4.78, 5) is 10.9. The Labute approximate surface area is 124 Å². The minimum atomic E-state index is -1.32. The van der Waals surface area contributed by atoms with Crippen LogP contribution in [0.25, 0.3) is 28.2 Å². The number of hydrogen-bond acceptors (Lipinski definition) is 5. The molecule has 3 rings (SSSR count). The zero-order chi connectivity index (χ0) is 15.5. The number of nitrogens with zero attached hydrogens (tertiary/aromatic N) is 3. The van der Waals surface area contributed by atoms with Crippen molar-refractivity contribution in [2.45, 2.75) is 0 Å². The maximum absolute atomic E-state index is 10.9. The highest BCUT2D eigenvalue weighted by Gasteiger charge is 2.15. The van der Waals surface area contributed by atoms with Crippen LogP contribution < -0.4 is 0 Å². The lowest BCUT2D eigenvalue weighted by Crippen LogP contribution is -1.97. The Morgan fingerprint density at radius 2 is 2.00 bits per heavy atom. The molecule has 0 amide bonds. The third-order valence-electron chi connectivity index (χ3n) is 3.16. The number of aromatic nitrogens is 2. The number of nitriles is 1. The molecule has 0 aliphatic heterocycles.